The lowest BCUT2D eigenvalue weighted by Gasteiger charge is -2.55. The number of amides is 2. The van der Waals surface area contributed by atoms with Crippen molar-refractivity contribution in [3.8, 4) is 5.75 Å². The van der Waals surface area contributed by atoms with Gasteiger partial charge in [0.2, 0.25) is 5.43 Å². The first kappa shape index (κ1) is 22.8. The first-order valence-corrected chi connectivity index (χ1v) is 9.95. The summed E-state index contributed by atoms with van der Waals surface area (Å²) in [5.74, 6) is -4.12. The van der Waals surface area contributed by atoms with Crippen LogP contribution < -0.4 is 10.7 Å². The number of hydrazine groups is 1. The van der Waals surface area contributed by atoms with Crippen molar-refractivity contribution in [1.29, 1.82) is 0 Å². The van der Waals surface area contributed by atoms with Crippen molar-refractivity contribution in [2.45, 2.75) is 18.3 Å². The van der Waals surface area contributed by atoms with E-state index in [2.05, 4.69) is 5.32 Å². The minimum absolute atomic E-state index is 0.00662. The Labute approximate surface area is 186 Å². The molecule has 12 heteroatoms. The smallest absolute Gasteiger partial charge is 0.291 e. The lowest BCUT2D eigenvalue weighted by Crippen LogP contribution is -2.72. The zero-order valence-corrected chi connectivity index (χ0v) is 18.1. The quantitative estimate of drug-likeness (QED) is 0.658. The standard InChI is InChI=1S/C21H22F2N4O6/c1-25(2)27-19(31)15-17(29)16(28)13(8-26(15)21(9-33-10-21)20(27)32-3)18(30)24-7-11-4-5-12(22)6-14(11)23/h4-6,8,20,29H,7,9-10H2,1-3H3,(H,24,30). The normalized spacial score (nSPS) is 18.9. The topological polar surface area (TPSA) is 113 Å². The second-order valence-corrected chi connectivity index (χ2v) is 8.04. The molecule has 1 aromatic carbocycles. The number of nitrogens with zero attached hydrogens (tertiary/aromatic N) is 3. The number of hydrogen-bond acceptors (Lipinski definition) is 7. The molecule has 1 fully saturated rings. The van der Waals surface area contributed by atoms with Gasteiger partial charge in [-0.1, -0.05) is 6.07 Å². The number of benzene rings is 1. The first-order valence-electron chi connectivity index (χ1n) is 9.95. The largest absolute Gasteiger partial charge is 0.503 e. The lowest BCUT2D eigenvalue weighted by molar-refractivity contribution is -0.241. The van der Waals surface area contributed by atoms with Gasteiger partial charge in [0.1, 0.15) is 22.7 Å². The van der Waals surface area contributed by atoms with Gasteiger partial charge in [0, 0.05) is 45.6 Å². The molecule has 1 aromatic heterocycles. The molecule has 1 spiro atoms. The van der Waals surface area contributed by atoms with Crippen molar-refractivity contribution >= 4 is 11.8 Å². The molecule has 0 aliphatic carbocycles. The number of carbonyl (C=O) groups is 2. The number of aromatic nitrogens is 1. The van der Waals surface area contributed by atoms with E-state index in [-0.39, 0.29) is 31.0 Å². The van der Waals surface area contributed by atoms with Gasteiger partial charge in [-0.05, 0) is 6.07 Å². The van der Waals surface area contributed by atoms with Crippen LogP contribution >= 0.6 is 0 Å². The highest BCUT2D eigenvalue weighted by molar-refractivity contribution is 5.99. The SMILES string of the molecule is COC1N(N(C)C)C(=O)c2c(O)c(=O)c(C(=O)NCc3ccc(F)cc3F)cn2C12COC2. The van der Waals surface area contributed by atoms with Gasteiger partial charge < -0.3 is 24.5 Å². The number of carbonyl (C=O) groups excluding carboxylic acids is 2. The summed E-state index contributed by atoms with van der Waals surface area (Å²) in [7, 11) is 4.63. The number of methoxy groups -OCH3 is 1. The summed E-state index contributed by atoms with van der Waals surface area (Å²) in [5.41, 5.74) is -2.80. The molecule has 2 aliphatic rings. The average Bonchev–Trinajstić information content (AvgIpc) is 2.73. The van der Waals surface area contributed by atoms with Gasteiger partial charge in [-0.15, -0.1) is 0 Å². The molecule has 2 N–H and O–H groups in total. The predicted octanol–water partition coefficient (Wildman–Crippen LogP) is 0.392. The fourth-order valence-electron chi connectivity index (χ4n) is 4.12. The Hall–Kier alpha value is -3.35. The predicted molar refractivity (Wildman–Crippen MR) is 109 cm³/mol. The van der Waals surface area contributed by atoms with E-state index in [0.29, 0.717) is 6.07 Å². The average molecular weight is 464 g/mol. The molecule has 1 saturated heterocycles. The van der Waals surface area contributed by atoms with E-state index >= 15 is 0 Å². The van der Waals surface area contributed by atoms with Gasteiger partial charge in [-0.3, -0.25) is 14.4 Å². The highest BCUT2D eigenvalue weighted by Crippen LogP contribution is 2.41. The van der Waals surface area contributed by atoms with Crippen molar-refractivity contribution in [1.82, 2.24) is 19.9 Å². The summed E-state index contributed by atoms with van der Waals surface area (Å²) in [6.07, 6.45) is 0.333. The maximum atomic E-state index is 13.9. The molecule has 4 rings (SSSR count). The van der Waals surface area contributed by atoms with Gasteiger partial charge >= 0.3 is 0 Å². The monoisotopic (exact) mass is 464 g/mol. The Morgan fingerprint density at radius 2 is 2.03 bits per heavy atom. The molecule has 33 heavy (non-hydrogen) atoms. The van der Waals surface area contributed by atoms with Crippen LogP contribution in [0.3, 0.4) is 0 Å². The van der Waals surface area contributed by atoms with Crippen LogP contribution in [-0.4, -0.2) is 72.2 Å². The lowest BCUT2D eigenvalue weighted by atomic mass is 9.89. The number of hydrogen-bond donors (Lipinski definition) is 2. The molecule has 176 valence electrons. The Morgan fingerprint density at radius 1 is 1.33 bits per heavy atom. The molecular weight excluding hydrogens is 442 g/mol. The minimum atomic E-state index is -1.06. The van der Waals surface area contributed by atoms with Crippen LogP contribution in [0.4, 0.5) is 8.78 Å². The molecule has 2 aromatic rings. The van der Waals surface area contributed by atoms with Gasteiger partial charge in [0.05, 0.1) is 13.2 Å². The Morgan fingerprint density at radius 3 is 2.58 bits per heavy atom. The number of aromatic hydroxyl groups is 1. The van der Waals surface area contributed by atoms with Crippen molar-refractivity contribution in [2.75, 3.05) is 34.4 Å². The van der Waals surface area contributed by atoms with Crippen molar-refractivity contribution in [3.05, 3.63) is 63.1 Å². The van der Waals surface area contributed by atoms with E-state index < -0.39 is 52.0 Å². The van der Waals surface area contributed by atoms with Crippen LogP contribution in [0.15, 0.2) is 29.2 Å². The molecule has 0 radical (unpaired) electrons. The fourth-order valence-corrected chi connectivity index (χ4v) is 4.12. The van der Waals surface area contributed by atoms with Gasteiger partial charge in [0.15, 0.2) is 17.7 Å². The van der Waals surface area contributed by atoms with Crippen LogP contribution in [0.25, 0.3) is 0 Å². The summed E-state index contributed by atoms with van der Waals surface area (Å²) in [6.45, 7) is -0.129. The number of ether oxygens (including phenoxy) is 2. The molecule has 0 saturated carbocycles. The number of pyridine rings is 1. The summed E-state index contributed by atoms with van der Waals surface area (Å²) in [4.78, 5) is 38.7. The van der Waals surface area contributed by atoms with Crippen LogP contribution in [0.2, 0.25) is 0 Å². The third kappa shape index (κ3) is 3.46. The third-order valence-corrected chi connectivity index (χ3v) is 5.81. The molecule has 0 bridgehead atoms. The highest BCUT2D eigenvalue weighted by Gasteiger charge is 2.58. The molecule has 1 unspecified atom stereocenters. The van der Waals surface area contributed by atoms with Crippen molar-refractivity contribution < 1.29 is 33.0 Å². The van der Waals surface area contributed by atoms with Crippen LogP contribution in [0.1, 0.15) is 26.4 Å². The van der Waals surface area contributed by atoms with Gasteiger partial charge in [-0.2, -0.15) is 0 Å². The number of nitrogens with one attached hydrogen (secondary N) is 1. The first-order chi connectivity index (χ1) is 15.6. The van der Waals surface area contributed by atoms with E-state index in [1.807, 2.05) is 0 Å². The molecular formula is C21H22F2N4O6. The van der Waals surface area contributed by atoms with Gasteiger partial charge in [-0.25, -0.2) is 18.8 Å². The van der Waals surface area contributed by atoms with E-state index in [4.69, 9.17) is 9.47 Å². The zero-order chi connectivity index (χ0) is 24.1. The number of fused-ring (bicyclic) bond motifs is 2. The fraction of sp³-hybridized carbons (Fsp3) is 0.381. The van der Waals surface area contributed by atoms with Crippen LogP contribution in [0, 0.1) is 11.6 Å². The zero-order valence-electron chi connectivity index (χ0n) is 18.1. The van der Waals surface area contributed by atoms with E-state index in [0.717, 1.165) is 6.07 Å². The Bertz CT molecular complexity index is 1190. The van der Waals surface area contributed by atoms with Crippen molar-refractivity contribution in [3.63, 3.8) is 0 Å². The Balaban J connectivity index is 1.75. The molecule has 10 nitrogen and oxygen atoms in total. The summed E-state index contributed by atoms with van der Waals surface area (Å²) < 4.78 is 39.3. The Kier molecular flexibility index (Phi) is 5.68. The maximum absolute atomic E-state index is 13.9. The summed E-state index contributed by atoms with van der Waals surface area (Å²) in [5, 5.41) is 15.8. The van der Waals surface area contributed by atoms with E-state index in [1.54, 1.807) is 14.1 Å². The third-order valence-electron chi connectivity index (χ3n) is 5.81. The summed E-state index contributed by atoms with van der Waals surface area (Å²) in [6, 6.07) is 2.88. The molecule has 1 atom stereocenters. The summed E-state index contributed by atoms with van der Waals surface area (Å²) >= 11 is 0. The molecule has 2 amide bonds. The number of halogens is 2. The number of rotatable bonds is 5. The van der Waals surface area contributed by atoms with E-state index in [1.165, 1.54) is 34.0 Å². The van der Waals surface area contributed by atoms with E-state index in [9.17, 15) is 28.3 Å². The van der Waals surface area contributed by atoms with Crippen LogP contribution in [-0.2, 0) is 21.6 Å². The minimum Gasteiger partial charge on any atom is -0.503 e. The second kappa shape index (κ2) is 8.21. The van der Waals surface area contributed by atoms with Gasteiger partial charge in [0.25, 0.3) is 11.8 Å². The molecule has 3 heterocycles. The van der Waals surface area contributed by atoms with Crippen LogP contribution in [0.5, 0.6) is 5.75 Å². The molecule has 2 aliphatic heterocycles. The maximum Gasteiger partial charge on any atom is 0.291 e. The second-order valence-electron chi connectivity index (χ2n) is 8.04. The highest BCUT2D eigenvalue weighted by atomic mass is 19.1. The van der Waals surface area contributed by atoms with Crippen molar-refractivity contribution in [2.24, 2.45) is 0 Å².